The molecular formula is C16H15ClN2O2. The van der Waals surface area contributed by atoms with E-state index < -0.39 is 0 Å². The van der Waals surface area contributed by atoms with Crippen molar-refractivity contribution in [2.24, 2.45) is 0 Å². The molecule has 0 aliphatic carbocycles. The highest BCUT2D eigenvalue weighted by Crippen LogP contribution is 2.17. The van der Waals surface area contributed by atoms with Crippen molar-refractivity contribution in [1.29, 1.82) is 0 Å². The molecule has 0 bridgehead atoms. The molecule has 2 aromatic carbocycles. The summed E-state index contributed by atoms with van der Waals surface area (Å²) in [5.41, 5.74) is 1.30. The fraction of sp³-hybridized carbons (Fsp3) is 0.188. The Labute approximate surface area is 128 Å². The Morgan fingerprint density at radius 3 is 2.33 bits per heavy atom. The Hall–Kier alpha value is -2.04. The van der Waals surface area contributed by atoms with Crippen LogP contribution in [0.5, 0.6) is 5.75 Å². The number of nitrogens with one attached hydrogen (secondary N) is 2. The minimum atomic E-state index is -0.158. The van der Waals surface area contributed by atoms with Crippen LogP contribution in [0.3, 0.4) is 0 Å². The van der Waals surface area contributed by atoms with Gasteiger partial charge in [0.05, 0.1) is 0 Å². The molecule has 5 heteroatoms. The topological polar surface area (TPSA) is 50.4 Å². The van der Waals surface area contributed by atoms with E-state index in [1.807, 2.05) is 12.1 Å². The molecule has 0 aromatic heterocycles. The average Bonchev–Trinajstić information content (AvgIpc) is 2.46. The first-order valence-electron chi connectivity index (χ1n) is 6.75. The number of halogens is 1. The molecule has 1 aliphatic heterocycles. The van der Waals surface area contributed by atoms with E-state index in [-0.39, 0.29) is 12.0 Å². The summed E-state index contributed by atoms with van der Waals surface area (Å²) >= 11 is 5.81. The molecule has 1 aliphatic rings. The summed E-state index contributed by atoms with van der Waals surface area (Å²) in [6, 6.07) is 14.1. The first-order chi connectivity index (χ1) is 10.2. The van der Waals surface area contributed by atoms with E-state index in [4.69, 9.17) is 16.3 Å². The monoisotopic (exact) mass is 302 g/mol. The van der Waals surface area contributed by atoms with Crippen molar-refractivity contribution in [1.82, 2.24) is 5.32 Å². The van der Waals surface area contributed by atoms with E-state index in [9.17, 15) is 4.79 Å². The molecule has 3 rings (SSSR count). The van der Waals surface area contributed by atoms with E-state index in [0.29, 0.717) is 16.3 Å². The van der Waals surface area contributed by atoms with Gasteiger partial charge in [-0.05, 0) is 48.5 Å². The molecule has 4 nitrogen and oxygen atoms in total. The number of hydrogen-bond acceptors (Lipinski definition) is 3. The standard InChI is InChI=1S/C16H15ClN2O2/c17-12-3-5-13(6-4-12)19-16(20)11-1-7-14(8-2-11)21-15-9-18-10-15/h1-8,15,18H,9-10H2,(H,19,20). The normalized spacial score (nSPS) is 14.3. The maximum atomic E-state index is 12.1. The zero-order valence-electron chi connectivity index (χ0n) is 11.3. The highest BCUT2D eigenvalue weighted by molar-refractivity contribution is 6.30. The summed E-state index contributed by atoms with van der Waals surface area (Å²) in [5.74, 6) is 0.624. The molecule has 1 amide bonds. The van der Waals surface area contributed by atoms with E-state index in [0.717, 1.165) is 18.8 Å². The Kier molecular flexibility index (Phi) is 4.08. The molecule has 1 heterocycles. The van der Waals surface area contributed by atoms with Crippen LogP contribution in [0.25, 0.3) is 0 Å². The van der Waals surface area contributed by atoms with Crippen LogP contribution in [0.15, 0.2) is 48.5 Å². The number of ether oxygens (including phenoxy) is 1. The summed E-state index contributed by atoms with van der Waals surface area (Å²) < 4.78 is 5.71. The fourth-order valence-corrected chi connectivity index (χ4v) is 2.09. The molecule has 0 atom stereocenters. The van der Waals surface area contributed by atoms with Crippen LogP contribution in [-0.2, 0) is 0 Å². The van der Waals surface area contributed by atoms with Gasteiger partial charge in [-0.1, -0.05) is 11.6 Å². The SMILES string of the molecule is O=C(Nc1ccc(Cl)cc1)c1ccc(OC2CNC2)cc1. The van der Waals surface area contributed by atoms with Gasteiger partial charge in [-0.2, -0.15) is 0 Å². The van der Waals surface area contributed by atoms with Crippen molar-refractivity contribution >= 4 is 23.2 Å². The van der Waals surface area contributed by atoms with Crippen molar-refractivity contribution in [3.8, 4) is 5.75 Å². The lowest BCUT2D eigenvalue weighted by atomic mass is 10.2. The molecular weight excluding hydrogens is 288 g/mol. The molecule has 0 radical (unpaired) electrons. The number of amides is 1. The third kappa shape index (κ3) is 3.54. The first-order valence-corrected chi connectivity index (χ1v) is 7.13. The van der Waals surface area contributed by atoms with Crippen molar-refractivity contribution in [3.05, 3.63) is 59.1 Å². The molecule has 0 saturated carbocycles. The van der Waals surface area contributed by atoms with E-state index in [1.165, 1.54) is 0 Å². The quantitative estimate of drug-likeness (QED) is 0.913. The van der Waals surface area contributed by atoms with Gasteiger partial charge in [-0.3, -0.25) is 4.79 Å². The third-order valence-corrected chi connectivity index (χ3v) is 3.52. The zero-order valence-corrected chi connectivity index (χ0v) is 12.1. The van der Waals surface area contributed by atoms with Crippen LogP contribution in [-0.4, -0.2) is 25.1 Å². The van der Waals surface area contributed by atoms with Crippen molar-refractivity contribution in [2.75, 3.05) is 18.4 Å². The van der Waals surface area contributed by atoms with Gasteiger partial charge in [-0.25, -0.2) is 0 Å². The van der Waals surface area contributed by atoms with E-state index in [2.05, 4.69) is 10.6 Å². The summed E-state index contributed by atoms with van der Waals surface area (Å²) in [5, 5.41) is 6.60. The number of benzene rings is 2. The Morgan fingerprint density at radius 2 is 1.76 bits per heavy atom. The second-order valence-corrected chi connectivity index (χ2v) is 5.32. The number of anilines is 1. The molecule has 0 unspecified atom stereocenters. The largest absolute Gasteiger partial charge is 0.488 e. The van der Waals surface area contributed by atoms with Gasteiger partial charge < -0.3 is 15.4 Å². The van der Waals surface area contributed by atoms with Crippen LogP contribution in [0.2, 0.25) is 5.02 Å². The second kappa shape index (κ2) is 6.16. The van der Waals surface area contributed by atoms with Crippen LogP contribution < -0.4 is 15.4 Å². The molecule has 2 aromatic rings. The summed E-state index contributed by atoms with van der Waals surface area (Å²) in [6.45, 7) is 1.75. The highest BCUT2D eigenvalue weighted by Gasteiger charge is 2.18. The third-order valence-electron chi connectivity index (χ3n) is 3.27. The van der Waals surface area contributed by atoms with E-state index >= 15 is 0 Å². The smallest absolute Gasteiger partial charge is 0.255 e. The Balaban J connectivity index is 1.62. The summed E-state index contributed by atoms with van der Waals surface area (Å²) in [4.78, 5) is 12.1. The summed E-state index contributed by atoms with van der Waals surface area (Å²) in [6.07, 6.45) is 0.235. The van der Waals surface area contributed by atoms with Crippen molar-refractivity contribution in [3.63, 3.8) is 0 Å². The van der Waals surface area contributed by atoms with Crippen LogP contribution in [0.4, 0.5) is 5.69 Å². The van der Waals surface area contributed by atoms with Crippen LogP contribution >= 0.6 is 11.6 Å². The maximum absolute atomic E-state index is 12.1. The molecule has 108 valence electrons. The van der Waals surface area contributed by atoms with Gasteiger partial charge in [0.25, 0.3) is 5.91 Å². The minimum Gasteiger partial charge on any atom is -0.488 e. The Morgan fingerprint density at radius 1 is 1.10 bits per heavy atom. The van der Waals surface area contributed by atoms with Crippen molar-refractivity contribution in [2.45, 2.75) is 6.10 Å². The van der Waals surface area contributed by atoms with Crippen molar-refractivity contribution < 1.29 is 9.53 Å². The van der Waals surface area contributed by atoms with Crippen LogP contribution in [0.1, 0.15) is 10.4 Å². The number of carbonyl (C=O) groups is 1. The lowest BCUT2D eigenvalue weighted by Crippen LogP contribution is -2.50. The van der Waals surface area contributed by atoms with Gasteiger partial charge in [-0.15, -0.1) is 0 Å². The first kappa shape index (κ1) is 13.9. The molecule has 21 heavy (non-hydrogen) atoms. The van der Waals surface area contributed by atoms with E-state index in [1.54, 1.807) is 36.4 Å². The molecule has 1 fully saturated rings. The maximum Gasteiger partial charge on any atom is 0.255 e. The second-order valence-electron chi connectivity index (χ2n) is 4.88. The summed E-state index contributed by atoms with van der Waals surface area (Å²) in [7, 11) is 0. The zero-order chi connectivity index (χ0) is 14.7. The molecule has 0 spiro atoms. The lowest BCUT2D eigenvalue weighted by molar-refractivity contribution is 0.102. The van der Waals surface area contributed by atoms with Gasteiger partial charge in [0.1, 0.15) is 11.9 Å². The Bertz CT molecular complexity index is 622. The molecule has 1 saturated heterocycles. The minimum absolute atomic E-state index is 0.158. The predicted molar refractivity (Wildman–Crippen MR) is 83.1 cm³/mol. The number of hydrogen-bond donors (Lipinski definition) is 2. The van der Waals surface area contributed by atoms with Gasteiger partial charge in [0.15, 0.2) is 0 Å². The van der Waals surface area contributed by atoms with Gasteiger partial charge >= 0.3 is 0 Å². The highest BCUT2D eigenvalue weighted by atomic mass is 35.5. The van der Waals surface area contributed by atoms with Crippen LogP contribution in [0, 0.1) is 0 Å². The fourth-order valence-electron chi connectivity index (χ4n) is 1.96. The lowest BCUT2D eigenvalue weighted by Gasteiger charge is -2.27. The number of carbonyl (C=O) groups excluding carboxylic acids is 1. The van der Waals surface area contributed by atoms with Gasteiger partial charge in [0, 0.05) is 29.4 Å². The average molecular weight is 303 g/mol. The van der Waals surface area contributed by atoms with Gasteiger partial charge in [0.2, 0.25) is 0 Å². The predicted octanol–water partition coefficient (Wildman–Crippen LogP) is 2.94. The molecule has 2 N–H and O–H groups in total. The number of rotatable bonds is 4.